The van der Waals surface area contributed by atoms with Crippen LogP contribution in [-0.4, -0.2) is 36.2 Å². The molecule has 1 aliphatic rings. The van der Waals surface area contributed by atoms with Gasteiger partial charge >= 0.3 is 5.97 Å². The van der Waals surface area contributed by atoms with Crippen LogP contribution in [0.15, 0.2) is 30.3 Å². The molecule has 2 N–H and O–H groups in total. The van der Waals surface area contributed by atoms with Gasteiger partial charge in [-0.3, -0.25) is 4.79 Å². The largest absolute Gasteiger partial charge is 0.480 e. The van der Waals surface area contributed by atoms with Crippen LogP contribution >= 0.6 is 0 Å². The van der Waals surface area contributed by atoms with Crippen molar-refractivity contribution in [3.05, 3.63) is 35.9 Å². The van der Waals surface area contributed by atoms with Crippen LogP contribution in [0.3, 0.4) is 0 Å². The van der Waals surface area contributed by atoms with Crippen LogP contribution in [0, 0.1) is 5.92 Å². The molecule has 1 saturated heterocycles. The molecule has 0 unspecified atom stereocenters. The summed E-state index contributed by atoms with van der Waals surface area (Å²) in [6.07, 6.45) is 1.55. The van der Waals surface area contributed by atoms with E-state index in [9.17, 15) is 14.7 Å². The number of carbonyl (C=O) groups excluding carboxylic acids is 1. The Morgan fingerprint density at radius 1 is 1.22 bits per heavy atom. The zero-order valence-electron chi connectivity index (χ0n) is 13.7. The summed E-state index contributed by atoms with van der Waals surface area (Å²) in [5.41, 5.74) is 0.221. The van der Waals surface area contributed by atoms with Crippen molar-refractivity contribution in [2.45, 2.75) is 44.6 Å². The van der Waals surface area contributed by atoms with E-state index >= 15 is 0 Å². The zero-order valence-corrected chi connectivity index (χ0v) is 13.7. The van der Waals surface area contributed by atoms with Crippen LogP contribution in [0.1, 0.15) is 38.7 Å². The van der Waals surface area contributed by atoms with Crippen molar-refractivity contribution < 1.29 is 19.4 Å². The van der Waals surface area contributed by atoms with E-state index in [0.717, 1.165) is 5.56 Å². The Morgan fingerprint density at radius 2 is 1.83 bits per heavy atom. The number of carboxylic acid groups (broad SMARTS) is 1. The Kier molecular flexibility index (Phi) is 5.77. The van der Waals surface area contributed by atoms with Gasteiger partial charge in [0, 0.05) is 13.2 Å². The highest BCUT2D eigenvalue weighted by molar-refractivity contribution is 5.91. The fraction of sp³-hybridized carbons (Fsp3) is 0.556. The highest BCUT2D eigenvalue weighted by atomic mass is 16.5. The lowest BCUT2D eigenvalue weighted by Gasteiger charge is -2.37. The highest BCUT2D eigenvalue weighted by Crippen LogP contribution is 2.35. The molecule has 2 rings (SSSR count). The normalized spacial score (nSPS) is 18.4. The number of hydrogen-bond donors (Lipinski definition) is 2. The Bertz CT molecular complexity index is 535. The predicted octanol–water partition coefficient (Wildman–Crippen LogP) is 2.35. The van der Waals surface area contributed by atoms with Gasteiger partial charge in [0.05, 0.1) is 5.41 Å². The second-order valence-corrected chi connectivity index (χ2v) is 6.55. The van der Waals surface area contributed by atoms with Crippen molar-refractivity contribution in [2.75, 3.05) is 13.2 Å². The highest BCUT2D eigenvalue weighted by Gasteiger charge is 2.42. The minimum absolute atomic E-state index is 0.193. The number of rotatable bonds is 6. The number of amides is 1. The summed E-state index contributed by atoms with van der Waals surface area (Å²) in [7, 11) is 0. The lowest BCUT2D eigenvalue weighted by Crippen LogP contribution is -2.53. The van der Waals surface area contributed by atoms with Gasteiger partial charge in [0.25, 0.3) is 0 Å². The van der Waals surface area contributed by atoms with Crippen LogP contribution in [0.2, 0.25) is 0 Å². The maximum absolute atomic E-state index is 13.0. The molecule has 5 nitrogen and oxygen atoms in total. The molecule has 0 bridgehead atoms. The van der Waals surface area contributed by atoms with Gasteiger partial charge in [-0.25, -0.2) is 4.79 Å². The minimum Gasteiger partial charge on any atom is -0.480 e. The van der Waals surface area contributed by atoms with Gasteiger partial charge in [0.1, 0.15) is 6.04 Å². The molecule has 5 heteroatoms. The molecule has 1 atom stereocenters. The van der Waals surface area contributed by atoms with Crippen molar-refractivity contribution in [1.29, 1.82) is 0 Å². The quantitative estimate of drug-likeness (QED) is 0.844. The smallest absolute Gasteiger partial charge is 0.326 e. The van der Waals surface area contributed by atoms with E-state index in [1.165, 1.54) is 0 Å². The van der Waals surface area contributed by atoms with Crippen molar-refractivity contribution >= 4 is 11.9 Å². The molecule has 1 aliphatic heterocycles. The molecule has 23 heavy (non-hydrogen) atoms. The molecule has 1 amide bonds. The first-order valence-corrected chi connectivity index (χ1v) is 8.13. The van der Waals surface area contributed by atoms with Crippen LogP contribution in [-0.2, 0) is 19.7 Å². The van der Waals surface area contributed by atoms with Gasteiger partial charge in [-0.2, -0.15) is 0 Å². The van der Waals surface area contributed by atoms with Gasteiger partial charge in [-0.1, -0.05) is 44.2 Å². The maximum atomic E-state index is 13.0. The predicted molar refractivity (Wildman–Crippen MR) is 87.2 cm³/mol. The van der Waals surface area contributed by atoms with E-state index in [1.54, 1.807) is 0 Å². The first-order chi connectivity index (χ1) is 11.0. The topological polar surface area (TPSA) is 75.6 Å². The molecular formula is C18H25NO4. The molecule has 0 spiro atoms. The summed E-state index contributed by atoms with van der Waals surface area (Å²) < 4.78 is 5.42. The monoisotopic (exact) mass is 319 g/mol. The number of nitrogens with one attached hydrogen (secondary N) is 1. The van der Waals surface area contributed by atoms with E-state index in [0.29, 0.717) is 32.5 Å². The Balaban J connectivity index is 2.25. The third-order valence-corrected chi connectivity index (χ3v) is 4.42. The van der Waals surface area contributed by atoms with Crippen LogP contribution in [0.4, 0.5) is 0 Å². The average Bonchev–Trinajstić information content (AvgIpc) is 2.55. The summed E-state index contributed by atoms with van der Waals surface area (Å²) in [4.78, 5) is 24.4. The Morgan fingerprint density at radius 3 is 2.35 bits per heavy atom. The molecule has 1 aromatic carbocycles. The van der Waals surface area contributed by atoms with E-state index in [1.807, 2.05) is 44.2 Å². The number of aliphatic carboxylic acids is 1. The number of hydrogen-bond acceptors (Lipinski definition) is 3. The van der Waals surface area contributed by atoms with E-state index in [-0.39, 0.29) is 11.8 Å². The summed E-state index contributed by atoms with van der Waals surface area (Å²) in [5.74, 6) is -0.999. The van der Waals surface area contributed by atoms with E-state index in [4.69, 9.17) is 4.74 Å². The fourth-order valence-corrected chi connectivity index (χ4v) is 3.11. The third kappa shape index (κ3) is 4.10. The van der Waals surface area contributed by atoms with E-state index < -0.39 is 17.4 Å². The zero-order chi connectivity index (χ0) is 16.9. The lowest BCUT2D eigenvalue weighted by molar-refractivity contribution is -0.144. The average molecular weight is 319 g/mol. The molecule has 126 valence electrons. The first-order valence-electron chi connectivity index (χ1n) is 8.13. The lowest BCUT2D eigenvalue weighted by atomic mass is 9.73. The minimum atomic E-state index is -0.984. The molecule has 1 fully saturated rings. The molecule has 0 radical (unpaired) electrons. The maximum Gasteiger partial charge on any atom is 0.326 e. The van der Waals surface area contributed by atoms with Gasteiger partial charge in [-0.05, 0) is 30.7 Å². The number of carbonyl (C=O) groups is 2. The fourth-order valence-electron chi connectivity index (χ4n) is 3.11. The standard InChI is InChI=1S/C18H25NO4/c1-13(2)12-15(16(20)21)19-17(22)18(8-10-23-11-9-18)14-6-4-3-5-7-14/h3-7,13,15H,8-12H2,1-2H3,(H,19,22)(H,20,21)/t15-/m1/s1. The van der Waals surface area contributed by atoms with Gasteiger partial charge in [0.2, 0.25) is 5.91 Å². The SMILES string of the molecule is CC(C)C[C@@H](NC(=O)C1(c2ccccc2)CCOCC1)C(=O)O. The molecular weight excluding hydrogens is 294 g/mol. The summed E-state index contributed by atoms with van der Waals surface area (Å²) in [6.45, 7) is 4.90. The summed E-state index contributed by atoms with van der Waals surface area (Å²) in [5, 5.41) is 12.1. The molecule has 0 saturated carbocycles. The van der Waals surface area contributed by atoms with Crippen molar-refractivity contribution in [1.82, 2.24) is 5.32 Å². The van der Waals surface area contributed by atoms with E-state index in [2.05, 4.69) is 5.32 Å². The van der Waals surface area contributed by atoms with Gasteiger partial charge < -0.3 is 15.2 Å². The Hall–Kier alpha value is -1.88. The van der Waals surface area contributed by atoms with Crippen LogP contribution in [0.25, 0.3) is 0 Å². The molecule has 0 aromatic heterocycles. The summed E-state index contributed by atoms with van der Waals surface area (Å²) in [6, 6.07) is 8.73. The van der Waals surface area contributed by atoms with Crippen molar-refractivity contribution in [3.8, 4) is 0 Å². The molecule has 0 aliphatic carbocycles. The molecule has 1 aromatic rings. The third-order valence-electron chi connectivity index (χ3n) is 4.42. The number of benzene rings is 1. The first kappa shape index (κ1) is 17.5. The number of ether oxygens (including phenoxy) is 1. The second kappa shape index (κ2) is 7.59. The van der Waals surface area contributed by atoms with Gasteiger partial charge in [-0.15, -0.1) is 0 Å². The second-order valence-electron chi connectivity index (χ2n) is 6.55. The summed E-state index contributed by atoms with van der Waals surface area (Å²) >= 11 is 0. The van der Waals surface area contributed by atoms with Crippen LogP contribution in [0.5, 0.6) is 0 Å². The Labute approximate surface area is 137 Å². The van der Waals surface area contributed by atoms with Crippen molar-refractivity contribution in [3.63, 3.8) is 0 Å². The van der Waals surface area contributed by atoms with Gasteiger partial charge in [0.15, 0.2) is 0 Å². The number of carboxylic acids is 1. The van der Waals surface area contributed by atoms with Crippen LogP contribution < -0.4 is 5.32 Å². The molecule has 1 heterocycles. The van der Waals surface area contributed by atoms with Crippen molar-refractivity contribution in [2.24, 2.45) is 5.92 Å².